The molecular formula is C27H36N6OS. The molecule has 0 aliphatic rings. The lowest BCUT2D eigenvalue weighted by atomic mass is 9.97. The first-order valence-corrected chi connectivity index (χ1v) is 13.2. The molecule has 3 heterocycles. The zero-order valence-corrected chi connectivity index (χ0v) is 22.6. The summed E-state index contributed by atoms with van der Waals surface area (Å²) in [6, 6.07) is 10.4. The normalized spacial score (nSPS) is 13.3. The summed E-state index contributed by atoms with van der Waals surface area (Å²) >= 11 is 1.73. The topological polar surface area (TPSA) is 79.7 Å². The van der Waals surface area contributed by atoms with Gasteiger partial charge in [0.2, 0.25) is 0 Å². The average molecular weight is 493 g/mol. The SMILES string of the molecule is CCC(C)(C)n1nnnc1[C@H](C(C)C)N(Cc1cccs1)Cc1cc2c(C)cc(C)cc2[nH]c1=O. The number of aromatic nitrogens is 5. The number of benzene rings is 1. The van der Waals surface area contributed by atoms with E-state index in [2.05, 4.69) is 104 Å². The van der Waals surface area contributed by atoms with Gasteiger partial charge in [0, 0.05) is 34.4 Å². The van der Waals surface area contributed by atoms with Gasteiger partial charge in [-0.1, -0.05) is 32.9 Å². The summed E-state index contributed by atoms with van der Waals surface area (Å²) in [5, 5.41) is 16.2. The minimum atomic E-state index is -0.212. The second-order valence-corrected chi connectivity index (χ2v) is 11.5. The van der Waals surface area contributed by atoms with Crippen molar-refractivity contribution in [2.45, 2.75) is 79.6 Å². The van der Waals surface area contributed by atoms with Crippen LogP contribution >= 0.6 is 11.3 Å². The van der Waals surface area contributed by atoms with Crippen molar-refractivity contribution in [1.29, 1.82) is 0 Å². The van der Waals surface area contributed by atoms with Crippen molar-refractivity contribution in [2.24, 2.45) is 5.92 Å². The highest BCUT2D eigenvalue weighted by Crippen LogP contribution is 2.33. The molecule has 8 heteroatoms. The summed E-state index contributed by atoms with van der Waals surface area (Å²) in [7, 11) is 0. The Morgan fingerprint density at radius 2 is 1.94 bits per heavy atom. The number of thiophene rings is 1. The van der Waals surface area contributed by atoms with Gasteiger partial charge in [-0.2, -0.15) is 0 Å². The van der Waals surface area contributed by atoms with Crippen molar-refractivity contribution in [3.8, 4) is 0 Å². The highest BCUT2D eigenvalue weighted by atomic mass is 32.1. The molecule has 0 bridgehead atoms. The molecule has 0 saturated heterocycles. The Bertz CT molecular complexity index is 1350. The molecular weight excluding hydrogens is 456 g/mol. The number of nitrogens with zero attached hydrogens (tertiary/aromatic N) is 5. The molecule has 0 fully saturated rings. The first-order chi connectivity index (χ1) is 16.6. The van der Waals surface area contributed by atoms with Gasteiger partial charge in [-0.25, -0.2) is 4.68 Å². The van der Waals surface area contributed by atoms with E-state index in [1.165, 1.54) is 4.88 Å². The van der Waals surface area contributed by atoms with Crippen molar-refractivity contribution in [2.75, 3.05) is 0 Å². The van der Waals surface area contributed by atoms with Crippen LogP contribution in [0.25, 0.3) is 10.9 Å². The molecule has 4 rings (SSSR count). The van der Waals surface area contributed by atoms with Crippen LogP contribution in [0.15, 0.2) is 40.5 Å². The molecule has 1 N–H and O–H groups in total. The van der Waals surface area contributed by atoms with Gasteiger partial charge in [-0.15, -0.1) is 16.4 Å². The fourth-order valence-corrected chi connectivity index (χ4v) is 5.48. The molecule has 0 radical (unpaired) electrons. The van der Waals surface area contributed by atoms with Crippen LogP contribution < -0.4 is 5.56 Å². The Morgan fingerprint density at radius 3 is 2.60 bits per heavy atom. The molecule has 3 aromatic heterocycles. The van der Waals surface area contributed by atoms with Gasteiger partial charge in [-0.3, -0.25) is 9.69 Å². The highest BCUT2D eigenvalue weighted by Gasteiger charge is 2.34. The summed E-state index contributed by atoms with van der Waals surface area (Å²) < 4.78 is 1.97. The van der Waals surface area contributed by atoms with Crippen LogP contribution in [0, 0.1) is 19.8 Å². The quantitative estimate of drug-likeness (QED) is 0.322. The number of fused-ring (bicyclic) bond motifs is 1. The van der Waals surface area contributed by atoms with Gasteiger partial charge in [-0.05, 0) is 85.2 Å². The number of pyridine rings is 1. The Balaban J connectivity index is 1.81. The van der Waals surface area contributed by atoms with E-state index in [1.54, 1.807) is 11.3 Å². The molecule has 0 amide bonds. The maximum Gasteiger partial charge on any atom is 0.252 e. The predicted octanol–water partition coefficient (Wildman–Crippen LogP) is 5.74. The number of aromatic amines is 1. The predicted molar refractivity (Wildman–Crippen MR) is 143 cm³/mol. The molecule has 0 aliphatic carbocycles. The molecule has 4 aromatic rings. The number of nitrogens with one attached hydrogen (secondary N) is 1. The van der Waals surface area contributed by atoms with Crippen LogP contribution in [0.5, 0.6) is 0 Å². The van der Waals surface area contributed by atoms with E-state index in [0.29, 0.717) is 13.1 Å². The van der Waals surface area contributed by atoms with Crippen LogP contribution in [-0.2, 0) is 18.6 Å². The zero-order valence-electron chi connectivity index (χ0n) is 21.8. The zero-order chi connectivity index (χ0) is 25.3. The van der Waals surface area contributed by atoms with E-state index in [9.17, 15) is 4.79 Å². The maximum atomic E-state index is 13.2. The van der Waals surface area contributed by atoms with Gasteiger partial charge in [0.05, 0.1) is 11.6 Å². The van der Waals surface area contributed by atoms with Crippen LogP contribution in [0.1, 0.15) is 74.5 Å². The number of hydrogen-bond acceptors (Lipinski definition) is 6. The molecule has 0 saturated carbocycles. The van der Waals surface area contributed by atoms with Crippen LogP contribution in [0.4, 0.5) is 0 Å². The Kier molecular flexibility index (Phi) is 7.24. The molecule has 1 aromatic carbocycles. The first kappa shape index (κ1) is 25.3. The fourth-order valence-electron chi connectivity index (χ4n) is 4.75. The van der Waals surface area contributed by atoms with E-state index in [-0.39, 0.29) is 23.1 Å². The van der Waals surface area contributed by atoms with Crippen molar-refractivity contribution < 1.29 is 0 Å². The number of aryl methyl sites for hydroxylation is 2. The third-order valence-corrected chi connectivity index (χ3v) is 7.78. The largest absolute Gasteiger partial charge is 0.322 e. The van der Waals surface area contributed by atoms with Crippen molar-refractivity contribution in [3.63, 3.8) is 0 Å². The molecule has 7 nitrogen and oxygen atoms in total. The maximum absolute atomic E-state index is 13.2. The second-order valence-electron chi connectivity index (χ2n) is 10.5. The van der Waals surface area contributed by atoms with Crippen molar-refractivity contribution in [3.05, 3.63) is 73.5 Å². The summed E-state index contributed by atoms with van der Waals surface area (Å²) in [6.45, 7) is 16.2. The first-order valence-electron chi connectivity index (χ1n) is 12.3. The molecule has 35 heavy (non-hydrogen) atoms. The molecule has 1 atom stereocenters. The second kappa shape index (κ2) is 10.0. The standard InChI is InChI=1S/C27H36N6OS/c1-8-27(6,7)33-25(29-30-31-33)24(17(2)3)32(16-21-10-9-11-35-21)15-20-14-22-19(5)12-18(4)13-23(22)28-26(20)34/h9-14,17,24H,8,15-16H2,1-7H3,(H,28,34)/t24-/m0/s1. The lowest BCUT2D eigenvalue weighted by Gasteiger charge is -2.35. The molecule has 186 valence electrons. The Hall–Kier alpha value is -2.84. The van der Waals surface area contributed by atoms with Crippen LogP contribution in [0.2, 0.25) is 0 Å². The summed E-state index contributed by atoms with van der Waals surface area (Å²) in [5.74, 6) is 1.07. The van der Waals surface area contributed by atoms with E-state index in [4.69, 9.17) is 0 Å². The number of hydrogen-bond donors (Lipinski definition) is 1. The molecule has 0 unspecified atom stereocenters. The van der Waals surface area contributed by atoms with Gasteiger partial charge in [0.15, 0.2) is 5.82 Å². The van der Waals surface area contributed by atoms with E-state index in [0.717, 1.165) is 39.8 Å². The summed E-state index contributed by atoms with van der Waals surface area (Å²) in [5.41, 5.74) is 3.68. The summed E-state index contributed by atoms with van der Waals surface area (Å²) in [6.07, 6.45) is 0.907. The van der Waals surface area contributed by atoms with Gasteiger partial charge >= 0.3 is 0 Å². The smallest absolute Gasteiger partial charge is 0.252 e. The summed E-state index contributed by atoms with van der Waals surface area (Å²) in [4.78, 5) is 19.9. The number of rotatable bonds is 9. The van der Waals surface area contributed by atoms with Crippen molar-refractivity contribution in [1.82, 2.24) is 30.1 Å². The average Bonchev–Trinajstić information content (AvgIpc) is 3.47. The van der Waals surface area contributed by atoms with Crippen LogP contribution in [0.3, 0.4) is 0 Å². The lowest BCUT2D eigenvalue weighted by Crippen LogP contribution is -2.38. The third kappa shape index (κ3) is 5.23. The van der Waals surface area contributed by atoms with E-state index >= 15 is 0 Å². The van der Waals surface area contributed by atoms with Gasteiger partial charge < -0.3 is 4.98 Å². The highest BCUT2D eigenvalue weighted by molar-refractivity contribution is 7.09. The van der Waals surface area contributed by atoms with E-state index < -0.39 is 0 Å². The van der Waals surface area contributed by atoms with Gasteiger partial charge in [0.1, 0.15) is 0 Å². The van der Waals surface area contributed by atoms with Crippen LogP contribution in [-0.4, -0.2) is 30.1 Å². The van der Waals surface area contributed by atoms with Gasteiger partial charge in [0.25, 0.3) is 5.56 Å². The third-order valence-electron chi connectivity index (χ3n) is 6.92. The van der Waals surface area contributed by atoms with E-state index in [1.807, 2.05) is 10.7 Å². The number of tetrazole rings is 1. The lowest BCUT2D eigenvalue weighted by molar-refractivity contribution is 0.119. The Labute approximate surface area is 211 Å². The molecule has 0 spiro atoms. The minimum absolute atomic E-state index is 0.0466. The Morgan fingerprint density at radius 1 is 1.17 bits per heavy atom. The fraction of sp³-hybridized carbons (Fsp3) is 0.481. The monoisotopic (exact) mass is 492 g/mol. The van der Waals surface area contributed by atoms with Crippen molar-refractivity contribution >= 4 is 22.2 Å². The number of H-pyrrole nitrogens is 1. The minimum Gasteiger partial charge on any atom is -0.322 e. The molecule has 0 aliphatic heterocycles.